The molecule has 0 radical (unpaired) electrons. The third kappa shape index (κ3) is 5.55. The first kappa shape index (κ1) is 21.4. The number of carbonyl (C=O) groups excluding carboxylic acids is 1. The number of hydrogen-bond acceptors (Lipinski definition) is 4. The first-order valence-electron chi connectivity index (χ1n) is 7.99. The lowest BCUT2D eigenvalue weighted by Gasteiger charge is -2.15. The second-order valence-corrected chi connectivity index (χ2v) is 7.64. The highest BCUT2D eigenvalue weighted by Crippen LogP contribution is 2.30. The minimum absolute atomic E-state index is 0.455. The van der Waals surface area contributed by atoms with E-state index in [0.717, 1.165) is 18.2 Å². The van der Waals surface area contributed by atoms with Gasteiger partial charge in [0, 0.05) is 0 Å². The summed E-state index contributed by atoms with van der Waals surface area (Å²) in [4.78, 5) is 11.4. The Bertz CT molecular complexity index is 997. The Kier molecular flexibility index (Phi) is 6.43. The molecule has 1 unspecified atom stereocenters. The Balaban J connectivity index is 2.00. The predicted octanol–water partition coefficient (Wildman–Crippen LogP) is 2.73. The molecule has 2 N–H and O–H groups in total. The van der Waals surface area contributed by atoms with Crippen molar-refractivity contribution in [1.29, 1.82) is 5.26 Å². The Morgan fingerprint density at radius 2 is 1.82 bits per heavy atom. The number of carbonyl (C=O) groups is 1. The van der Waals surface area contributed by atoms with Crippen molar-refractivity contribution in [1.82, 2.24) is 10.0 Å². The molecule has 0 aliphatic rings. The predicted molar refractivity (Wildman–Crippen MR) is 94.3 cm³/mol. The number of rotatable bonds is 6. The molecule has 0 saturated carbocycles. The molecule has 10 heteroatoms. The molecule has 0 heterocycles. The summed E-state index contributed by atoms with van der Waals surface area (Å²) in [6.45, 7) is 1.03. The summed E-state index contributed by atoms with van der Waals surface area (Å²) in [5, 5.41) is 11.3. The number of nitrogens with zero attached hydrogens (tertiary/aromatic N) is 1. The summed E-state index contributed by atoms with van der Waals surface area (Å²) in [7, 11) is -4.29. The second kappa shape index (κ2) is 8.41. The standard InChI is InChI=1S/C18H16F3N3O3S/c1-12(14-7-5-13(10-22)6-8-14)24-17(25)11-23-28(26,27)16-4-2-3-15(9-16)18(19,20)21/h2-9,12,23H,11H2,1H3,(H,24,25). The minimum atomic E-state index is -4.68. The van der Waals surface area contributed by atoms with E-state index in [4.69, 9.17) is 5.26 Å². The van der Waals surface area contributed by atoms with E-state index < -0.39 is 45.2 Å². The van der Waals surface area contributed by atoms with Crippen LogP contribution in [-0.2, 0) is 21.0 Å². The zero-order valence-corrected chi connectivity index (χ0v) is 15.4. The fraction of sp³-hybridized carbons (Fsp3) is 0.222. The molecular formula is C18H16F3N3O3S. The van der Waals surface area contributed by atoms with Gasteiger partial charge in [-0.1, -0.05) is 18.2 Å². The summed E-state index contributed by atoms with van der Waals surface area (Å²) in [6.07, 6.45) is -4.68. The van der Waals surface area contributed by atoms with E-state index in [2.05, 4.69) is 5.32 Å². The molecule has 0 fully saturated rings. The summed E-state index contributed by atoms with van der Waals surface area (Å²) >= 11 is 0. The van der Waals surface area contributed by atoms with Gasteiger partial charge in [0.15, 0.2) is 0 Å². The molecule has 6 nitrogen and oxygen atoms in total. The van der Waals surface area contributed by atoms with Crippen molar-refractivity contribution in [2.75, 3.05) is 6.54 Å². The van der Waals surface area contributed by atoms with Crippen LogP contribution >= 0.6 is 0 Å². The fourth-order valence-electron chi connectivity index (χ4n) is 2.31. The molecule has 2 aromatic rings. The average Bonchev–Trinajstić information content (AvgIpc) is 2.66. The number of benzene rings is 2. The third-order valence-corrected chi connectivity index (χ3v) is 5.21. The Hall–Kier alpha value is -2.90. The number of halogens is 3. The SMILES string of the molecule is CC(NC(=O)CNS(=O)(=O)c1cccc(C(F)(F)F)c1)c1ccc(C#N)cc1. The maximum Gasteiger partial charge on any atom is 0.416 e. The molecular weight excluding hydrogens is 395 g/mol. The van der Waals surface area contributed by atoms with E-state index in [9.17, 15) is 26.4 Å². The molecule has 0 spiro atoms. The van der Waals surface area contributed by atoms with Crippen molar-refractivity contribution in [3.63, 3.8) is 0 Å². The van der Waals surface area contributed by atoms with E-state index in [1.165, 1.54) is 0 Å². The van der Waals surface area contributed by atoms with E-state index in [1.54, 1.807) is 31.2 Å². The lowest BCUT2D eigenvalue weighted by Crippen LogP contribution is -2.38. The largest absolute Gasteiger partial charge is 0.416 e. The third-order valence-electron chi connectivity index (χ3n) is 3.81. The maximum atomic E-state index is 12.7. The first-order valence-corrected chi connectivity index (χ1v) is 9.47. The summed E-state index contributed by atoms with van der Waals surface area (Å²) < 4.78 is 64.5. The van der Waals surface area contributed by atoms with Gasteiger partial charge in [-0.15, -0.1) is 0 Å². The van der Waals surface area contributed by atoms with Crippen molar-refractivity contribution in [3.05, 3.63) is 65.2 Å². The fourth-order valence-corrected chi connectivity index (χ4v) is 3.33. The van der Waals surface area contributed by atoms with Crippen molar-refractivity contribution in [3.8, 4) is 6.07 Å². The van der Waals surface area contributed by atoms with Gasteiger partial charge >= 0.3 is 6.18 Å². The number of nitriles is 1. The molecule has 28 heavy (non-hydrogen) atoms. The highest BCUT2D eigenvalue weighted by atomic mass is 32.2. The molecule has 1 amide bonds. The quantitative estimate of drug-likeness (QED) is 0.764. The number of hydrogen-bond donors (Lipinski definition) is 2. The van der Waals surface area contributed by atoms with Crippen LogP contribution in [0.15, 0.2) is 53.4 Å². The Morgan fingerprint density at radius 1 is 1.18 bits per heavy atom. The van der Waals surface area contributed by atoms with Crippen LogP contribution in [0.2, 0.25) is 0 Å². The van der Waals surface area contributed by atoms with Gasteiger partial charge in [-0.05, 0) is 42.8 Å². The van der Waals surface area contributed by atoms with E-state index in [0.29, 0.717) is 17.2 Å². The lowest BCUT2D eigenvalue weighted by atomic mass is 10.1. The molecule has 0 saturated heterocycles. The van der Waals surface area contributed by atoms with Crippen LogP contribution in [0, 0.1) is 11.3 Å². The Morgan fingerprint density at radius 3 is 2.39 bits per heavy atom. The van der Waals surface area contributed by atoms with Crippen LogP contribution < -0.4 is 10.0 Å². The van der Waals surface area contributed by atoms with E-state index in [1.807, 2.05) is 10.8 Å². The van der Waals surface area contributed by atoms with Crippen LogP contribution in [0.4, 0.5) is 13.2 Å². The number of nitrogens with one attached hydrogen (secondary N) is 2. The van der Waals surface area contributed by atoms with Gasteiger partial charge in [0.2, 0.25) is 15.9 Å². The zero-order valence-electron chi connectivity index (χ0n) is 14.6. The van der Waals surface area contributed by atoms with Crippen molar-refractivity contribution < 1.29 is 26.4 Å². The van der Waals surface area contributed by atoms with Crippen molar-refractivity contribution in [2.45, 2.75) is 24.0 Å². The minimum Gasteiger partial charge on any atom is -0.348 e. The van der Waals surface area contributed by atoms with Crippen molar-refractivity contribution >= 4 is 15.9 Å². The molecule has 0 bridgehead atoms. The van der Waals surface area contributed by atoms with E-state index in [-0.39, 0.29) is 0 Å². The molecule has 148 valence electrons. The molecule has 2 aromatic carbocycles. The summed E-state index contributed by atoms with van der Waals surface area (Å²) in [5.41, 5.74) is 0.0541. The highest BCUT2D eigenvalue weighted by Gasteiger charge is 2.31. The first-order chi connectivity index (χ1) is 13.0. The van der Waals surface area contributed by atoms with Crippen LogP contribution in [0.3, 0.4) is 0 Å². The van der Waals surface area contributed by atoms with Gasteiger partial charge in [0.05, 0.1) is 34.7 Å². The molecule has 2 rings (SSSR count). The van der Waals surface area contributed by atoms with Gasteiger partial charge < -0.3 is 5.32 Å². The molecule has 0 aliphatic heterocycles. The van der Waals surface area contributed by atoms with Gasteiger partial charge in [0.25, 0.3) is 0 Å². The summed E-state index contributed by atoms with van der Waals surface area (Å²) in [5.74, 6) is -0.660. The maximum absolute atomic E-state index is 12.7. The average molecular weight is 411 g/mol. The van der Waals surface area contributed by atoms with Gasteiger partial charge in [-0.3, -0.25) is 4.79 Å². The Labute approximate surface area is 160 Å². The monoisotopic (exact) mass is 411 g/mol. The normalized spacial score (nSPS) is 12.8. The van der Waals surface area contributed by atoms with Crippen LogP contribution in [0.1, 0.15) is 29.7 Å². The number of sulfonamides is 1. The smallest absolute Gasteiger partial charge is 0.348 e. The zero-order chi connectivity index (χ0) is 20.9. The van der Waals surface area contributed by atoms with Crippen LogP contribution in [0.25, 0.3) is 0 Å². The van der Waals surface area contributed by atoms with Gasteiger partial charge in [-0.2, -0.15) is 18.4 Å². The van der Waals surface area contributed by atoms with Gasteiger partial charge in [0.1, 0.15) is 0 Å². The van der Waals surface area contributed by atoms with Crippen LogP contribution in [-0.4, -0.2) is 20.9 Å². The number of amides is 1. The molecule has 0 aliphatic carbocycles. The van der Waals surface area contributed by atoms with E-state index >= 15 is 0 Å². The lowest BCUT2D eigenvalue weighted by molar-refractivity contribution is -0.137. The number of alkyl halides is 3. The summed E-state index contributed by atoms with van der Waals surface area (Å²) in [6, 6.07) is 11.2. The van der Waals surface area contributed by atoms with Crippen molar-refractivity contribution in [2.24, 2.45) is 0 Å². The molecule has 1 atom stereocenters. The van der Waals surface area contributed by atoms with Crippen LogP contribution in [0.5, 0.6) is 0 Å². The highest BCUT2D eigenvalue weighted by molar-refractivity contribution is 7.89. The molecule has 0 aromatic heterocycles. The van der Waals surface area contributed by atoms with Gasteiger partial charge in [-0.25, -0.2) is 13.1 Å². The topological polar surface area (TPSA) is 99.1 Å². The second-order valence-electron chi connectivity index (χ2n) is 5.87.